The molecule has 1 aliphatic heterocycles. The fourth-order valence-corrected chi connectivity index (χ4v) is 2.65. The molecular weight excluding hydrogens is 276 g/mol. The highest BCUT2D eigenvalue weighted by Crippen LogP contribution is 2.19. The number of nitrogens with zero attached hydrogens (tertiary/aromatic N) is 1. The Hall–Kier alpha value is -1.69. The number of rotatable bonds is 4. The molecule has 1 aliphatic rings. The van der Waals surface area contributed by atoms with E-state index in [1.165, 1.54) is 0 Å². The van der Waals surface area contributed by atoms with E-state index in [4.69, 9.17) is 5.73 Å². The quantitative estimate of drug-likeness (QED) is 0.837. The van der Waals surface area contributed by atoms with Crippen molar-refractivity contribution >= 4 is 11.6 Å². The fourth-order valence-electron chi connectivity index (χ4n) is 2.65. The van der Waals surface area contributed by atoms with Crippen LogP contribution in [0.3, 0.4) is 0 Å². The van der Waals surface area contributed by atoms with Crippen molar-refractivity contribution in [1.29, 1.82) is 0 Å². The summed E-state index contributed by atoms with van der Waals surface area (Å²) in [5.74, 6) is -2.61. The molecule has 4 nitrogen and oxygen atoms in total. The molecule has 1 saturated heterocycles. The number of nitrogens with one attached hydrogen (secondary N) is 1. The monoisotopic (exact) mass is 297 g/mol. The van der Waals surface area contributed by atoms with Crippen LogP contribution in [0, 0.1) is 11.6 Å². The molecule has 0 bridgehead atoms. The van der Waals surface area contributed by atoms with Crippen molar-refractivity contribution in [3.8, 4) is 0 Å². The summed E-state index contributed by atoms with van der Waals surface area (Å²) in [5.41, 5.74) is 4.57. The highest BCUT2D eigenvalue weighted by molar-refractivity contribution is 5.95. The topological polar surface area (TPSA) is 58.4 Å². The number of carbonyl (C=O) groups is 1. The Morgan fingerprint density at radius 2 is 2.05 bits per heavy atom. The number of hydrogen-bond donors (Lipinski definition) is 2. The third-order valence-electron chi connectivity index (χ3n) is 3.81. The molecule has 21 heavy (non-hydrogen) atoms. The van der Waals surface area contributed by atoms with Gasteiger partial charge in [0.2, 0.25) is 0 Å². The van der Waals surface area contributed by atoms with Crippen LogP contribution in [0.1, 0.15) is 36.5 Å². The zero-order valence-electron chi connectivity index (χ0n) is 12.2. The highest BCUT2D eigenvalue weighted by Gasteiger charge is 2.24. The van der Waals surface area contributed by atoms with Gasteiger partial charge in [-0.1, -0.05) is 6.92 Å². The van der Waals surface area contributed by atoms with E-state index in [-0.39, 0.29) is 11.7 Å². The highest BCUT2D eigenvalue weighted by atomic mass is 19.1. The summed E-state index contributed by atoms with van der Waals surface area (Å²) < 4.78 is 27.4. The second-order valence-corrected chi connectivity index (χ2v) is 5.41. The van der Waals surface area contributed by atoms with Crippen molar-refractivity contribution in [2.75, 3.05) is 25.4 Å². The van der Waals surface area contributed by atoms with Crippen molar-refractivity contribution in [3.63, 3.8) is 0 Å². The first kappa shape index (κ1) is 15.7. The molecule has 0 aromatic heterocycles. The minimum absolute atomic E-state index is 0.0502. The van der Waals surface area contributed by atoms with E-state index >= 15 is 0 Å². The molecule has 2 rings (SSSR count). The Morgan fingerprint density at radius 3 is 2.67 bits per heavy atom. The molecule has 0 aliphatic carbocycles. The summed E-state index contributed by atoms with van der Waals surface area (Å²) in [4.78, 5) is 14.4. The number of carbonyl (C=O) groups excluding carboxylic acids is 1. The van der Waals surface area contributed by atoms with E-state index in [9.17, 15) is 13.6 Å². The third kappa shape index (κ3) is 3.69. The number of likely N-dealkylation sites (tertiary alicyclic amines) is 1. The lowest BCUT2D eigenvalue weighted by molar-refractivity contribution is 0.0903. The standard InChI is InChI=1S/C15H21F2N3O/c1-2-7-20-8-5-10(6-9-20)19-15(21)13-11(16)3-4-12(18)14(13)17/h3-4,10H,2,5-9,18H2,1H3,(H,19,21). The summed E-state index contributed by atoms with van der Waals surface area (Å²) in [5, 5.41) is 2.71. The van der Waals surface area contributed by atoms with E-state index in [0.29, 0.717) is 0 Å². The van der Waals surface area contributed by atoms with Crippen LogP contribution in [0.2, 0.25) is 0 Å². The van der Waals surface area contributed by atoms with Gasteiger partial charge in [0.05, 0.1) is 5.69 Å². The second-order valence-electron chi connectivity index (χ2n) is 5.41. The number of hydrogen-bond acceptors (Lipinski definition) is 3. The minimum atomic E-state index is -0.990. The lowest BCUT2D eigenvalue weighted by Gasteiger charge is -2.32. The number of amides is 1. The molecule has 1 aromatic rings. The van der Waals surface area contributed by atoms with Gasteiger partial charge in [0.25, 0.3) is 5.91 Å². The minimum Gasteiger partial charge on any atom is -0.396 e. The maximum absolute atomic E-state index is 13.8. The van der Waals surface area contributed by atoms with Gasteiger partial charge in [0.1, 0.15) is 11.4 Å². The molecule has 1 amide bonds. The zero-order chi connectivity index (χ0) is 15.4. The van der Waals surface area contributed by atoms with Crippen LogP contribution in [0.25, 0.3) is 0 Å². The predicted octanol–water partition coefficient (Wildman–Crippen LogP) is 2.15. The number of anilines is 1. The van der Waals surface area contributed by atoms with Gasteiger partial charge in [-0.15, -0.1) is 0 Å². The van der Waals surface area contributed by atoms with Gasteiger partial charge in [-0.25, -0.2) is 8.78 Å². The summed E-state index contributed by atoms with van der Waals surface area (Å²) >= 11 is 0. The molecule has 3 N–H and O–H groups in total. The summed E-state index contributed by atoms with van der Waals surface area (Å²) in [6.45, 7) is 4.94. The van der Waals surface area contributed by atoms with Crippen LogP contribution in [0.15, 0.2) is 12.1 Å². The first-order chi connectivity index (χ1) is 10.0. The Labute approximate surface area is 123 Å². The summed E-state index contributed by atoms with van der Waals surface area (Å²) in [6, 6.07) is 2.08. The molecule has 0 spiro atoms. The van der Waals surface area contributed by atoms with E-state index < -0.39 is 23.1 Å². The van der Waals surface area contributed by atoms with Gasteiger partial charge >= 0.3 is 0 Å². The number of nitrogen functional groups attached to an aromatic ring is 1. The number of nitrogens with two attached hydrogens (primary N) is 1. The molecule has 0 unspecified atom stereocenters. The molecule has 0 saturated carbocycles. The predicted molar refractivity (Wildman–Crippen MR) is 78.0 cm³/mol. The molecule has 1 fully saturated rings. The zero-order valence-corrected chi connectivity index (χ0v) is 12.2. The van der Waals surface area contributed by atoms with Crippen molar-refractivity contribution in [3.05, 3.63) is 29.3 Å². The van der Waals surface area contributed by atoms with Crippen LogP contribution in [0.4, 0.5) is 14.5 Å². The van der Waals surface area contributed by atoms with Crippen molar-refractivity contribution < 1.29 is 13.6 Å². The fraction of sp³-hybridized carbons (Fsp3) is 0.533. The third-order valence-corrected chi connectivity index (χ3v) is 3.81. The van der Waals surface area contributed by atoms with E-state index in [0.717, 1.165) is 51.0 Å². The summed E-state index contributed by atoms with van der Waals surface area (Å²) in [7, 11) is 0. The SMILES string of the molecule is CCCN1CCC(NC(=O)c2c(F)ccc(N)c2F)CC1. The van der Waals surface area contributed by atoms with Gasteiger partial charge in [-0.3, -0.25) is 4.79 Å². The first-order valence-electron chi connectivity index (χ1n) is 7.29. The molecule has 0 atom stereocenters. The van der Waals surface area contributed by atoms with Gasteiger partial charge in [-0.05, 0) is 37.9 Å². The molecule has 6 heteroatoms. The lowest BCUT2D eigenvalue weighted by atomic mass is 10.0. The normalized spacial score (nSPS) is 16.9. The van der Waals surface area contributed by atoms with Gasteiger partial charge in [0.15, 0.2) is 5.82 Å². The van der Waals surface area contributed by atoms with Crippen LogP contribution in [-0.2, 0) is 0 Å². The average molecular weight is 297 g/mol. The Balaban J connectivity index is 1.99. The number of halogens is 2. The van der Waals surface area contributed by atoms with Crippen LogP contribution in [-0.4, -0.2) is 36.5 Å². The number of benzene rings is 1. The maximum atomic E-state index is 13.8. The first-order valence-corrected chi connectivity index (χ1v) is 7.29. The lowest BCUT2D eigenvalue weighted by Crippen LogP contribution is -2.45. The largest absolute Gasteiger partial charge is 0.396 e. The van der Waals surface area contributed by atoms with E-state index in [1.807, 2.05) is 0 Å². The molecule has 116 valence electrons. The Kier molecular flexibility index (Phi) is 5.12. The second kappa shape index (κ2) is 6.85. The van der Waals surface area contributed by atoms with Crippen LogP contribution in [0.5, 0.6) is 0 Å². The van der Waals surface area contributed by atoms with Crippen molar-refractivity contribution in [1.82, 2.24) is 10.2 Å². The van der Waals surface area contributed by atoms with Crippen LogP contribution < -0.4 is 11.1 Å². The molecule has 0 radical (unpaired) electrons. The van der Waals surface area contributed by atoms with Crippen molar-refractivity contribution in [2.24, 2.45) is 0 Å². The Bertz CT molecular complexity index is 514. The average Bonchev–Trinajstić information content (AvgIpc) is 2.46. The van der Waals surface area contributed by atoms with Gasteiger partial charge in [-0.2, -0.15) is 0 Å². The molecular formula is C15H21F2N3O. The Morgan fingerprint density at radius 1 is 1.38 bits per heavy atom. The smallest absolute Gasteiger partial charge is 0.257 e. The van der Waals surface area contributed by atoms with Gasteiger partial charge in [0, 0.05) is 19.1 Å². The maximum Gasteiger partial charge on any atom is 0.257 e. The van der Waals surface area contributed by atoms with Crippen molar-refractivity contribution in [2.45, 2.75) is 32.2 Å². The molecule has 1 heterocycles. The molecule has 1 aromatic carbocycles. The summed E-state index contributed by atoms with van der Waals surface area (Å²) in [6.07, 6.45) is 2.67. The van der Waals surface area contributed by atoms with Crippen LogP contribution >= 0.6 is 0 Å². The van der Waals surface area contributed by atoms with E-state index in [1.54, 1.807) is 0 Å². The van der Waals surface area contributed by atoms with Gasteiger partial charge < -0.3 is 16.0 Å². The number of piperidine rings is 1. The van der Waals surface area contributed by atoms with E-state index in [2.05, 4.69) is 17.1 Å².